The van der Waals surface area contributed by atoms with E-state index in [1.165, 1.54) is 0 Å². The first-order valence-corrected chi connectivity index (χ1v) is 13.1. The largest absolute Gasteiger partial charge is 0.480 e. The smallest absolute Gasteiger partial charge is 0.320 e. The summed E-state index contributed by atoms with van der Waals surface area (Å²) in [5, 5.41) is 10.6. The van der Waals surface area contributed by atoms with Gasteiger partial charge in [0.05, 0.1) is 0 Å². The second-order valence-electron chi connectivity index (χ2n) is 8.78. The first-order chi connectivity index (χ1) is 15.9. The van der Waals surface area contributed by atoms with Gasteiger partial charge in [0.1, 0.15) is 0 Å². The molecule has 33 heavy (non-hydrogen) atoms. The summed E-state index contributed by atoms with van der Waals surface area (Å²) in [6.45, 7) is 1.34. The maximum Gasteiger partial charge on any atom is 0.320 e. The van der Waals surface area contributed by atoms with Gasteiger partial charge >= 0.3 is 5.97 Å². The summed E-state index contributed by atoms with van der Waals surface area (Å²) in [5.74, 6) is -1.19. The van der Waals surface area contributed by atoms with Gasteiger partial charge in [0.25, 0.3) is 0 Å². The number of carbonyl (C=O) groups is 1. The molecule has 0 radical (unpaired) electrons. The van der Waals surface area contributed by atoms with Crippen molar-refractivity contribution >= 4 is 24.1 Å². The Morgan fingerprint density at radius 1 is 1.09 bits per heavy atom. The van der Waals surface area contributed by atoms with Gasteiger partial charge in [0.15, 0.2) is 5.16 Å². The number of carboxylic acids is 1. The number of pyridine rings is 1. The zero-order valence-electron chi connectivity index (χ0n) is 18.6. The minimum absolute atomic E-state index is 0.0279. The number of benzene rings is 2. The molecule has 8 heteroatoms. The average Bonchev–Trinajstić information content (AvgIpc) is 2.81. The molecule has 7 nitrogen and oxygen atoms in total. The summed E-state index contributed by atoms with van der Waals surface area (Å²) in [4.78, 5) is 29.4. The number of unbranched alkanes of at least 4 members (excludes halogenated alkanes) is 1. The molecule has 2 atom stereocenters. The van der Waals surface area contributed by atoms with E-state index in [1.807, 2.05) is 59.8 Å². The van der Waals surface area contributed by atoms with Gasteiger partial charge in [-0.15, -0.1) is 0 Å². The third-order valence-electron chi connectivity index (χ3n) is 6.69. The highest BCUT2D eigenvalue weighted by molar-refractivity contribution is 7.61. The Kier molecular flexibility index (Phi) is 6.96. The molecule has 2 aromatic carbocycles. The number of hydrogen-bond acceptors (Lipinski definition) is 5. The van der Waals surface area contributed by atoms with Crippen molar-refractivity contribution in [3.8, 4) is 11.1 Å². The molecular formula is C25H30N3O4P. The Bertz CT molecular complexity index is 1200. The van der Waals surface area contributed by atoms with E-state index in [0.29, 0.717) is 32.5 Å². The summed E-state index contributed by atoms with van der Waals surface area (Å²) < 4.78 is 13.1. The van der Waals surface area contributed by atoms with Crippen LogP contribution in [0.1, 0.15) is 24.8 Å². The number of aromatic nitrogens is 1. The zero-order chi connectivity index (χ0) is 23.5. The molecule has 2 heterocycles. The van der Waals surface area contributed by atoms with Crippen LogP contribution in [0.15, 0.2) is 60.9 Å². The Labute approximate surface area is 193 Å². The molecule has 0 spiro atoms. The topological polar surface area (TPSA) is 117 Å². The van der Waals surface area contributed by atoms with Crippen LogP contribution < -0.4 is 5.73 Å². The molecule has 0 saturated carbocycles. The second kappa shape index (κ2) is 9.74. The zero-order valence-corrected chi connectivity index (χ0v) is 19.5. The minimum Gasteiger partial charge on any atom is -0.480 e. The molecule has 1 aromatic heterocycles. The van der Waals surface area contributed by atoms with E-state index in [4.69, 9.17) is 5.73 Å². The van der Waals surface area contributed by atoms with Gasteiger partial charge in [-0.1, -0.05) is 55.0 Å². The lowest BCUT2D eigenvalue weighted by molar-refractivity contribution is -0.141. The van der Waals surface area contributed by atoms with Crippen LogP contribution in [0, 0.1) is 0 Å². The third kappa shape index (κ3) is 4.59. The van der Waals surface area contributed by atoms with E-state index >= 15 is 0 Å². The van der Waals surface area contributed by atoms with Crippen LogP contribution in [0.4, 0.5) is 0 Å². The van der Waals surface area contributed by atoms with Crippen LogP contribution >= 0.6 is 7.37 Å². The highest BCUT2D eigenvalue weighted by atomic mass is 31.2. The van der Waals surface area contributed by atoms with Crippen molar-refractivity contribution in [3.63, 3.8) is 0 Å². The lowest BCUT2D eigenvalue weighted by Crippen LogP contribution is -2.53. The SMILES string of the molecule is NCCCC[C@@]1(C(=O)O)CN(Cc2ccccc2-c2cncc3ccccc23)CCP1(=O)O. The molecule has 0 amide bonds. The molecule has 1 unspecified atom stereocenters. The highest BCUT2D eigenvalue weighted by Gasteiger charge is 2.56. The summed E-state index contributed by atoms with van der Waals surface area (Å²) in [5.41, 5.74) is 8.66. The molecule has 1 aliphatic heterocycles. The van der Waals surface area contributed by atoms with Gasteiger partial charge in [0.2, 0.25) is 7.37 Å². The van der Waals surface area contributed by atoms with Crippen molar-refractivity contribution in [1.29, 1.82) is 0 Å². The number of rotatable bonds is 8. The fourth-order valence-corrected chi connectivity index (χ4v) is 7.03. The van der Waals surface area contributed by atoms with Crippen LogP contribution in [0.25, 0.3) is 21.9 Å². The maximum absolute atomic E-state index is 13.1. The van der Waals surface area contributed by atoms with Gasteiger partial charge < -0.3 is 15.7 Å². The molecule has 174 valence electrons. The number of carboxylic acid groups (broad SMARTS) is 1. The predicted molar refractivity (Wildman–Crippen MR) is 130 cm³/mol. The van der Waals surface area contributed by atoms with E-state index in [9.17, 15) is 19.4 Å². The fourth-order valence-electron chi connectivity index (χ4n) is 4.82. The van der Waals surface area contributed by atoms with Crippen LogP contribution in [0.3, 0.4) is 0 Å². The van der Waals surface area contributed by atoms with Crippen LogP contribution in [0.5, 0.6) is 0 Å². The number of nitrogens with zero attached hydrogens (tertiary/aromatic N) is 2. The number of fused-ring (bicyclic) bond motifs is 1. The molecule has 3 aromatic rings. The first-order valence-electron chi connectivity index (χ1n) is 11.3. The molecule has 4 N–H and O–H groups in total. The van der Waals surface area contributed by atoms with Gasteiger partial charge in [-0.2, -0.15) is 0 Å². The van der Waals surface area contributed by atoms with Crippen molar-refractivity contribution in [1.82, 2.24) is 9.88 Å². The number of hydrogen-bond donors (Lipinski definition) is 3. The standard InChI is InChI=1S/C25H30N3O4P/c26-12-6-5-11-25(24(29)30)18-28(13-14-33(25,31)32)17-20-8-2-4-10-22(20)23-16-27-15-19-7-1-3-9-21(19)23/h1-4,7-10,15-16H,5-6,11-14,17-18,26H2,(H,29,30)(H,31,32)/t25-/m0/s1. The van der Waals surface area contributed by atoms with Crippen LogP contribution in [-0.2, 0) is 15.9 Å². The summed E-state index contributed by atoms with van der Waals surface area (Å²) >= 11 is 0. The Morgan fingerprint density at radius 2 is 1.85 bits per heavy atom. The van der Waals surface area contributed by atoms with Crippen molar-refractivity contribution < 1.29 is 19.4 Å². The number of nitrogens with two attached hydrogens (primary N) is 1. The van der Waals surface area contributed by atoms with Crippen LogP contribution in [0.2, 0.25) is 0 Å². The molecule has 0 aliphatic carbocycles. The van der Waals surface area contributed by atoms with Crippen LogP contribution in [-0.4, -0.2) is 56.8 Å². The average molecular weight is 468 g/mol. The Morgan fingerprint density at radius 3 is 2.64 bits per heavy atom. The molecule has 0 bridgehead atoms. The number of aliphatic carboxylic acids is 1. The quantitative estimate of drug-likeness (QED) is 0.339. The third-order valence-corrected chi connectivity index (χ3v) is 9.39. The Hall–Kier alpha value is -2.57. The molecule has 1 aliphatic rings. The fraction of sp³-hybridized carbons (Fsp3) is 0.360. The normalized spacial score (nSPS) is 23.6. The van der Waals surface area contributed by atoms with Gasteiger partial charge in [-0.05, 0) is 35.9 Å². The Balaban J connectivity index is 1.66. The summed E-state index contributed by atoms with van der Waals surface area (Å²) in [6, 6.07) is 16.1. The summed E-state index contributed by atoms with van der Waals surface area (Å²) in [6.07, 6.45) is 4.96. The van der Waals surface area contributed by atoms with Crippen molar-refractivity contribution in [2.24, 2.45) is 5.73 Å². The summed E-state index contributed by atoms with van der Waals surface area (Å²) in [7, 11) is -3.86. The lowest BCUT2D eigenvalue weighted by atomic mass is 9.95. The monoisotopic (exact) mass is 467 g/mol. The highest BCUT2D eigenvalue weighted by Crippen LogP contribution is 2.59. The maximum atomic E-state index is 13.1. The van der Waals surface area contributed by atoms with E-state index in [2.05, 4.69) is 11.1 Å². The lowest BCUT2D eigenvalue weighted by Gasteiger charge is -2.43. The van der Waals surface area contributed by atoms with E-state index in [0.717, 1.165) is 27.5 Å². The van der Waals surface area contributed by atoms with E-state index in [-0.39, 0.29) is 19.1 Å². The molecule has 1 fully saturated rings. The van der Waals surface area contributed by atoms with E-state index in [1.54, 1.807) is 0 Å². The van der Waals surface area contributed by atoms with Crippen molar-refractivity contribution in [3.05, 3.63) is 66.5 Å². The van der Waals surface area contributed by atoms with Crippen molar-refractivity contribution in [2.75, 3.05) is 25.8 Å². The molecular weight excluding hydrogens is 437 g/mol. The van der Waals surface area contributed by atoms with Crippen molar-refractivity contribution in [2.45, 2.75) is 31.0 Å². The molecule has 4 rings (SSSR count). The minimum atomic E-state index is -3.86. The second-order valence-corrected chi connectivity index (χ2v) is 11.5. The van der Waals surface area contributed by atoms with Gasteiger partial charge in [-0.25, -0.2) is 0 Å². The predicted octanol–water partition coefficient (Wildman–Crippen LogP) is 3.94. The van der Waals surface area contributed by atoms with Gasteiger partial charge in [-0.3, -0.25) is 19.2 Å². The van der Waals surface area contributed by atoms with Gasteiger partial charge in [0, 0.05) is 49.1 Å². The van der Waals surface area contributed by atoms with E-state index < -0.39 is 18.5 Å². The molecule has 1 saturated heterocycles. The first kappa shape index (κ1) is 23.6.